The van der Waals surface area contributed by atoms with Crippen LogP contribution < -0.4 is 5.32 Å². The molecular weight excluding hydrogens is 254 g/mol. The molecule has 2 aromatic rings. The van der Waals surface area contributed by atoms with Crippen LogP contribution in [0.1, 0.15) is 31.5 Å². The standard InChI is InChI=1S/C11H15N5O.ClH/c1-7(2)11-13-8(6-17-11)10-15-14-9-5-12-3-4-16(9)10;/h6-7,12H,3-5H2,1-2H3;1H. The molecule has 0 atom stereocenters. The van der Waals surface area contributed by atoms with Crippen LogP contribution in [-0.4, -0.2) is 26.3 Å². The highest BCUT2D eigenvalue weighted by Crippen LogP contribution is 2.22. The van der Waals surface area contributed by atoms with Gasteiger partial charge in [-0.25, -0.2) is 4.98 Å². The number of hydrogen-bond donors (Lipinski definition) is 1. The van der Waals surface area contributed by atoms with E-state index in [4.69, 9.17) is 4.42 Å². The van der Waals surface area contributed by atoms with Crippen molar-refractivity contribution >= 4 is 12.4 Å². The van der Waals surface area contributed by atoms with Gasteiger partial charge in [-0.15, -0.1) is 22.6 Å². The lowest BCUT2D eigenvalue weighted by Gasteiger charge is -2.14. The molecule has 0 unspecified atom stereocenters. The minimum atomic E-state index is 0. The summed E-state index contributed by atoms with van der Waals surface area (Å²) in [6.07, 6.45) is 1.66. The first kappa shape index (κ1) is 13.0. The highest BCUT2D eigenvalue weighted by Gasteiger charge is 2.19. The SMILES string of the molecule is CC(C)c1nc(-c2nnc3n2CCNC3)co1.Cl. The summed E-state index contributed by atoms with van der Waals surface area (Å²) < 4.78 is 7.53. The third-order valence-corrected chi connectivity index (χ3v) is 2.87. The van der Waals surface area contributed by atoms with Crippen LogP contribution in [0.15, 0.2) is 10.7 Å². The Hall–Kier alpha value is -1.40. The largest absolute Gasteiger partial charge is 0.448 e. The van der Waals surface area contributed by atoms with Crippen LogP contribution in [0.5, 0.6) is 0 Å². The van der Waals surface area contributed by atoms with E-state index in [0.29, 0.717) is 0 Å². The molecule has 2 aromatic heterocycles. The smallest absolute Gasteiger partial charge is 0.197 e. The van der Waals surface area contributed by atoms with Gasteiger partial charge in [0.05, 0.1) is 6.54 Å². The van der Waals surface area contributed by atoms with E-state index in [1.807, 2.05) is 0 Å². The predicted molar refractivity (Wildman–Crippen MR) is 68.6 cm³/mol. The minimum Gasteiger partial charge on any atom is -0.448 e. The highest BCUT2D eigenvalue weighted by molar-refractivity contribution is 5.85. The normalized spacial score (nSPS) is 14.4. The van der Waals surface area contributed by atoms with Crippen LogP contribution >= 0.6 is 12.4 Å². The van der Waals surface area contributed by atoms with Crippen molar-refractivity contribution in [2.45, 2.75) is 32.9 Å². The summed E-state index contributed by atoms with van der Waals surface area (Å²) in [4.78, 5) is 4.45. The summed E-state index contributed by atoms with van der Waals surface area (Å²) in [5, 5.41) is 11.6. The second-order valence-electron chi connectivity index (χ2n) is 4.49. The van der Waals surface area contributed by atoms with Crippen molar-refractivity contribution in [2.24, 2.45) is 0 Å². The van der Waals surface area contributed by atoms with Gasteiger partial charge in [0.25, 0.3) is 0 Å². The Kier molecular flexibility index (Phi) is 3.68. The Morgan fingerprint density at radius 3 is 2.94 bits per heavy atom. The van der Waals surface area contributed by atoms with Crippen LogP contribution in [0.3, 0.4) is 0 Å². The lowest BCUT2D eigenvalue weighted by Crippen LogP contribution is -2.28. The van der Waals surface area contributed by atoms with Gasteiger partial charge >= 0.3 is 0 Å². The molecule has 0 amide bonds. The fraction of sp³-hybridized carbons (Fsp3) is 0.545. The Morgan fingerprint density at radius 1 is 1.39 bits per heavy atom. The summed E-state index contributed by atoms with van der Waals surface area (Å²) in [6.45, 7) is 6.69. The number of nitrogens with zero attached hydrogens (tertiary/aromatic N) is 4. The monoisotopic (exact) mass is 269 g/mol. The zero-order valence-corrected chi connectivity index (χ0v) is 11.2. The molecule has 0 aromatic carbocycles. The molecule has 98 valence electrons. The number of hydrogen-bond acceptors (Lipinski definition) is 5. The van der Waals surface area contributed by atoms with Gasteiger partial charge in [0, 0.05) is 19.0 Å². The first-order chi connectivity index (χ1) is 8.25. The molecule has 3 heterocycles. The molecule has 6 nitrogen and oxygen atoms in total. The first-order valence-electron chi connectivity index (χ1n) is 5.84. The highest BCUT2D eigenvalue weighted by atomic mass is 35.5. The molecule has 0 bridgehead atoms. The van der Waals surface area contributed by atoms with Crippen LogP contribution in [0.2, 0.25) is 0 Å². The Bertz CT molecular complexity index is 533. The zero-order valence-electron chi connectivity index (χ0n) is 10.4. The third kappa shape index (κ3) is 2.13. The van der Waals surface area contributed by atoms with Crippen LogP contribution in [0.25, 0.3) is 11.5 Å². The minimum absolute atomic E-state index is 0. The molecule has 18 heavy (non-hydrogen) atoms. The molecule has 3 rings (SSSR count). The molecular formula is C11H16ClN5O. The van der Waals surface area contributed by atoms with E-state index in [1.165, 1.54) is 0 Å². The molecule has 0 aliphatic carbocycles. The maximum atomic E-state index is 5.43. The zero-order chi connectivity index (χ0) is 11.8. The van der Waals surface area contributed by atoms with E-state index in [9.17, 15) is 0 Å². The molecule has 7 heteroatoms. The van der Waals surface area contributed by atoms with Gasteiger partial charge in [-0.2, -0.15) is 0 Å². The second-order valence-corrected chi connectivity index (χ2v) is 4.49. The van der Waals surface area contributed by atoms with Gasteiger partial charge in [0.1, 0.15) is 17.8 Å². The number of fused-ring (bicyclic) bond motifs is 1. The fourth-order valence-electron chi connectivity index (χ4n) is 1.94. The number of nitrogens with one attached hydrogen (secondary N) is 1. The predicted octanol–water partition coefficient (Wildman–Crippen LogP) is 1.58. The molecule has 1 N–H and O–H groups in total. The van der Waals surface area contributed by atoms with Gasteiger partial charge in [-0.1, -0.05) is 13.8 Å². The van der Waals surface area contributed by atoms with Gasteiger partial charge in [0.15, 0.2) is 11.7 Å². The van der Waals surface area contributed by atoms with Crippen LogP contribution in [0, 0.1) is 0 Å². The number of halogens is 1. The number of rotatable bonds is 2. The van der Waals surface area contributed by atoms with E-state index < -0.39 is 0 Å². The third-order valence-electron chi connectivity index (χ3n) is 2.87. The van der Waals surface area contributed by atoms with E-state index in [0.717, 1.165) is 42.9 Å². The summed E-state index contributed by atoms with van der Waals surface area (Å²) >= 11 is 0. The van der Waals surface area contributed by atoms with Crippen molar-refractivity contribution in [3.63, 3.8) is 0 Å². The maximum absolute atomic E-state index is 5.43. The van der Waals surface area contributed by atoms with Crippen molar-refractivity contribution in [1.29, 1.82) is 0 Å². The van der Waals surface area contributed by atoms with Crippen molar-refractivity contribution in [3.8, 4) is 11.5 Å². The topological polar surface area (TPSA) is 68.8 Å². The average Bonchev–Trinajstić information content (AvgIpc) is 2.95. The molecule has 1 aliphatic heterocycles. The van der Waals surface area contributed by atoms with E-state index in [-0.39, 0.29) is 18.3 Å². The quantitative estimate of drug-likeness (QED) is 0.896. The van der Waals surface area contributed by atoms with E-state index >= 15 is 0 Å². The average molecular weight is 270 g/mol. The Morgan fingerprint density at radius 2 is 2.22 bits per heavy atom. The van der Waals surface area contributed by atoms with Gasteiger partial charge < -0.3 is 14.3 Å². The summed E-state index contributed by atoms with van der Waals surface area (Å²) in [6, 6.07) is 0. The van der Waals surface area contributed by atoms with Gasteiger partial charge in [0.2, 0.25) is 0 Å². The second kappa shape index (κ2) is 5.07. The lowest BCUT2D eigenvalue weighted by molar-refractivity contribution is 0.471. The molecule has 0 radical (unpaired) electrons. The Labute approximate surface area is 111 Å². The van der Waals surface area contributed by atoms with Crippen LogP contribution in [-0.2, 0) is 13.1 Å². The van der Waals surface area contributed by atoms with Crippen molar-refractivity contribution < 1.29 is 4.42 Å². The van der Waals surface area contributed by atoms with Gasteiger partial charge in [-0.05, 0) is 0 Å². The number of oxazole rings is 1. The van der Waals surface area contributed by atoms with Crippen molar-refractivity contribution in [3.05, 3.63) is 18.0 Å². The Balaban J connectivity index is 0.00000120. The molecule has 0 spiro atoms. The maximum Gasteiger partial charge on any atom is 0.197 e. The van der Waals surface area contributed by atoms with Crippen LogP contribution in [0.4, 0.5) is 0 Å². The van der Waals surface area contributed by atoms with Crippen molar-refractivity contribution in [1.82, 2.24) is 25.1 Å². The molecule has 0 saturated carbocycles. The lowest BCUT2D eigenvalue weighted by atomic mass is 10.2. The van der Waals surface area contributed by atoms with E-state index in [2.05, 4.69) is 38.9 Å². The fourth-order valence-corrected chi connectivity index (χ4v) is 1.94. The summed E-state index contributed by atoms with van der Waals surface area (Å²) in [7, 11) is 0. The first-order valence-corrected chi connectivity index (χ1v) is 5.84. The molecule has 1 aliphatic rings. The summed E-state index contributed by atoms with van der Waals surface area (Å²) in [5.74, 6) is 2.79. The molecule has 0 fully saturated rings. The van der Waals surface area contributed by atoms with E-state index in [1.54, 1.807) is 6.26 Å². The summed E-state index contributed by atoms with van der Waals surface area (Å²) in [5.41, 5.74) is 0.773. The number of aromatic nitrogens is 4. The van der Waals surface area contributed by atoms with Crippen molar-refractivity contribution in [2.75, 3.05) is 6.54 Å². The van der Waals surface area contributed by atoms with Gasteiger partial charge in [-0.3, -0.25) is 0 Å². The molecule has 0 saturated heterocycles.